The number of carbonyl (C=O) groups excluding carboxylic acids is 2. The zero-order valence-corrected chi connectivity index (χ0v) is 19.8. The van der Waals surface area contributed by atoms with E-state index in [1.54, 1.807) is 12.1 Å². The van der Waals surface area contributed by atoms with E-state index in [-0.39, 0.29) is 18.0 Å². The Hall–Kier alpha value is -3.08. The maximum absolute atomic E-state index is 12.6. The number of nitrogens with zero attached hydrogens (tertiary/aromatic N) is 1. The van der Waals surface area contributed by atoms with Crippen LogP contribution in [0.25, 0.3) is 0 Å². The van der Waals surface area contributed by atoms with E-state index in [1.807, 2.05) is 12.1 Å². The minimum absolute atomic E-state index is 0.143. The Balaban J connectivity index is 1.74. The lowest BCUT2D eigenvalue weighted by Crippen LogP contribution is -2.16. The molecule has 0 fully saturated rings. The summed E-state index contributed by atoms with van der Waals surface area (Å²) in [6.07, 6.45) is 2.53. The zero-order chi connectivity index (χ0) is 24.0. The highest BCUT2D eigenvalue weighted by atomic mass is 32.2. The van der Waals surface area contributed by atoms with Gasteiger partial charge in [-0.05, 0) is 36.2 Å². The number of aryl methyl sites for hydroxylation is 1. The van der Waals surface area contributed by atoms with Crippen LogP contribution in [0.5, 0.6) is 0 Å². The van der Waals surface area contributed by atoms with Gasteiger partial charge in [-0.25, -0.2) is 4.98 Å². The molecular formula is C23H24N2O6S2. The van der Waals surface area contributed by atoms with Crippen molar-refractivity contribution in [3.05, 3.63) is 75.2 Å². The van der Waals surface area contributed by atoms with Crippen molar-refractivity contribution in [3.8, 4) is 0 Å². The normalized spacial score (nSPS) is 11.2. The molecule has 0 saturated carbocycles. The zero-order valence-electron chi connectivity index (χ0n) is 18.2. The first-order chi connectivity index (χ1) is 15.7. The van der Waals surface area contributed by atoms with Gasteiger partial charge in [0.15, 0.2) is 0 Å². The van der Waals surface area contributed by atoms with Gasteiger partial charge in [0.05, 0.1) is 24.8 Å². The van der Waals surface area contributed by atoms with Gasteiger partial charge in [-0.15, -0.1) is 11.3 Å². The summed E-state index contributed by atoms with van der Waals surface area (Å²) in [7, 11) is -3.17. The van der Waals surface area contributed by atoms with Gasteiger partial charge in [0.2, 0.25) is 0 Å². The lowest BCUT2D eigenvalue weighted by atomic mass is 10.1. The van der Waals surface area contributed by atoms with Gasteiger partial charge in [-0.2, -0.15) is 8.42 Å². The number of ether oxygens (including phenoxy) is 1. The van der Waals surface area contributed by atoms with Gasteiger partial charge in [-0.3, -0.25) is 14.1 Å². The number of methoxy groups -OCH3 is 1. The predicted octanol–water partition coefficient (Wildman–Crippen LogP) is 3.90. The summed E-state index contributed by atoms with van der Waals surface area (Å²) < 4.78 is 37.1. The summed E-state index contributed by atoms with van der Waals surface area (Å²) >= 11 is 1.49. The molecule has 2 N–H and O–H groups in total. The van der Waals surface area contributed by atoms with E-state index in [0.29, 0.717) is 12.1 Å². The molecule has 0 unspecified atom stereocenters. The highest BCUT2D eigenvalue weighted by Gasteiger charge is 2.20. The van der Waals surface area contributed by atoms with E-state index >= 15 is 0 Å². The van der Waals surface area contributed by atoms with Crippen LogP contribution >= 0.6 is 11.3 Å². The average molecular weight is 489 g/mol. The minimum Gasteiger partial charge on any atom is -0.469 e. The van der Waals surface area contributed by atoms with E-state index in [1.165, 1.54) is 42.7 Å². The third-order valence-electron chi connectivity index (χ3n) is 4.82. The van der Waals surface area contributed by atoms with Crippen LogP contribution in [0.2, 0.25) is 0 Å². The number of aromatic nitrogens is 1. The van der Waals surface area contributed by atoms with Crippen LogP contribution in [-0.2, 0) is 38.9 Å². The molecular weight excluding hydrogens is 464 g/mol. The number of nitrogens with one attached hydrogen (secondary N) is 1. The van der Waals surface area contributed by atoms with Gasteiger partial charge in [0, 0.05) is 17.0 Å². The molecule has 0 radical (unpaired) electrons. The van der Waals surface area contributed by atoms with Crippen LogP contribution in [0, 0.1) is 0 Å². The van der Waals surface area contributed by atoms with Gasteiger partial charge >= 0.3 is 5.97 Å². The van der Waals surface area contributed by atoms with Crippen molar-refractivity contribution in [2.24, 2.45) is 0 Å². The lowest BCUT2D eigenvalue weighted by Gasteiger charge is -2.09. The van der Waals surface area contributed by atoms with E-state index in [2.05, 4.69) is 17.2 Å². The highest BCUT2D eigenvalue weighted by Crippen LogP contribution is 2.25. The second kappa shape index (κ2) is 10.7. The van der Waals surface area contributed by atoms with Gasteiger partial charge in [0.1, 0.15) is 9.90 Å². The third kappa shape index (κ3) is 6.47. The first-order valence-electron chi connectivity index (χ1n) is 10.2. The molecule has 1 heterocycles. The number of rotatable bonds is 9. The molecule has 1 amide bonds. The number of amides is 1. The second-order valence-electron chi connectivity index (χ2n) is 7.28. The molecule has 3 rings (SSSR count). The van der Waals surface area contributed by atoms with E-state index in [4.69, 9.17) is 4.74 Å². The largest absolute Gasteiger partial charge is 0.469 e. The maximum atomic E-state index is 12.6. The van der Waals surface area contributed by atoms with Crippen molar-refractivity contribution < 1.29 is 27.3 Å². The highest BCUT2D eigenvalue weighted by molar-refractivity contribution is 7.86. The first-order valence-corrected chi connectivity index (χ1v) is 12.5. The molecule has 10 heteroatoms. The molecule has 1 aromatic heterocycles. The monoisotopic (exact) mass is 488 g/mol. The Bertz CT molecular complexity index is 1250. The molecule has 2 aromatic carbocycles. The lowest BCUT2D eigenvalue weighted by molar-refractivity contribution is -0.139. The molecule has 0 saturated heterocycles. The predicted molar refractivity (Wildman–Crippen MR) is 125 cm³/mol. The molecule has 0 aliphatic heterocycles. The van der Waals surface area contributed by atoms with Crippen molar-refractivity contribution in [1.82, 2.24) is 4.98 Å². The number of benzene rings is 2. The van der Waals surface area contributed by atoms with Crippen LogP contribution in [0.3, 0.4) is 0 Å². The Kier molecular flexibility index (Phi) is 7.96. The molecule has 33 heavy (non-hydrogen) atoms. The van der Waals surface area contributed by atoms with Gasteiger partial charge in [-0.1, -0.05) is 37.6 Å². The Morgan fingerprint density at radius 3 is 2.45 bits per heavy atom. The van der Waals surface area contributed by atoms with Crippen LogP contribution in [0.4, 0.5) is 5.69 Å². The van der Waals surface area contributed by atoms with Crippen LogP contribution in [-0.4, -0.2) is 36.9 Å². The molecule has 3 aromatic rings. The van der Waals surface area contributed by atoms with E-state index < -0.39 is 20.9 Å². The minimum atomic E-state index is -4.52. The number of hydrogen-bond donors (Lipinski definition) is 2. The van der Waals surface area contributed by atoms with E-state index in [9.17, 15) is 22.6 Å². The molecule has 0 aliphatic carbocycles. The number of carbonyl (C=O) groups is 2. The van der Waals surface area contributed by atoms with Gasteiger partial charge < -0.3 is 10.1 Å². The smallest absolute Gasteiger partial charge is 0.312 e. The number of anilines is 1. The fourth-order valence-corrected chi connectivity index (χ4v) is 5.07. The number of esters is 1. The summed E-state index contributed by atoms with van der Waals surface area (Å²) in [5.74, 6) is -0.967. The van der Waals surface area contributed by atoms with Crippen LogP contribution < -0.4 is 5.32 Å². The summed E-state index contributed by atoms with van der Waals surface area (Å²) in [4.78, 5) is 29.4. The summed E-state index contributed by atoms with van der Waals surface area (Å²) in [5, 5.41) is 3.37. The second-order valence-corrected chi connectivity index (χ2v) is 9.84. The maximum Gasteiger partial charge on any atom is 0.312 e. The van der Waals surface area contributed by atoms with Crippen LogP contribution in [0.1, 0.15) is 44.8 Å². The van der Waals surface area contributed by atoms with Crippen molar-refractivity contribution in [2.45, 2.75) is 37.5 Å². The van der Waals surface area contributed by atoms with Crippen molar-refractivity contribution in [2.75, 3.05) is 12.4 Å². The van der Waals surface area contributed by atoms with Crippen molar-refractivity contribution in [1.29, 1.82) is 0 Å². The Labute approximate surface area is 196 Å². The van der Waals surface area contributed by atoms with Crippen molar-refractivity contribution in [3.63, 3.8) is 0 Å². The quantitative estimate of drug-likeness (QED) is 0.346. The standard InChI is InChI=1S/C23H24N2O6S2/c1-3-6-18-19(32-21(25-18)14-22(26)31-2)13-15-9-11-16(12-10-15)24-23(27)17-7-4-5-8-20(17)33(28,29)30/h4-5,7-12H,3,6,13-14H2,1-2H3,(H,24,27)(H,28,29,30). The first kappa shape index (κ1) is 24.6. The molecule has 0 aliphatic rings. The fourth-order valence-electron chi connectivity index (χ4n) is 3.25. The molecule has 0 bridgehead atoms. The van der Waals surface area contributed by atoms with E-state index in [0.717, 1.165) is 34.0 Å². The van der Waals surface area contributed by atoms with Crippen LogP contribution in [0.15, 0.2) is 53.4 Å². The topological polar surface area (TPSA) is 123 Å². The molecule has 8 nitrogen and oxygen atoms in total. The Morgan fingerprint density at radius 1 is 1.12 bits per heavy atom. The average Bonchev–Trinajstić information content (AvgIpc) is 3.15. The molecule has 0 atom stereocenters. The fraction of sp³-hybridized carbons (Fsp3) is 0.261. The summed E-state index contributed by atoms with van der Waals surface area (Å²) in [6.45, 7) is 2.07. The molecule has 174 valence electrons. The summed E-state index contributed by atoms with van der Waals surface area (Å²) in [5.41, 5.74) is 2.31. The number of hydrogen-bond acceptors (Lipinski definition) is 7. The summed E-state index contributed by atoms with van der Waals surface area (Å²) in [6, 6.07) is 12.6. The molecule has 0 spiro atoms. The number of thiazole rings is 1. The van der Waals surface area contributed by atoms with Gasteiger partial charge in [0.25, 0.3) is 16.0 Å². The SMILES string of the molecule is CCCc1nc(CC(=O)OC)sc1Cc1ccc(NC(=O)c2ccccc2S(=O)(=O)O)cc1. The third-order valence-corrected chi connectivity index (χ3v) is 6.83. The van der Waals surface area contributed by atoms with Crippen molar-refractivity contribution >= 4 is 39.0 Å². The Morgan fingerprint density at radius 2 is 1.82 bits per heavy atom.